The summed E-state index contributed by atoms with van der Waals surface area (Å²) in [5.41, 5.74) is 1.83. The maximum absolute atomic E-state index is 13.0. The molecule has 28 heavy (non-hydrogen) atoms. The van der Waals surface area contributed by atoms with Crippen LogP contribution >= 0.6 is 11.3 Å². The fourth-order valence-corrected chi connectivity index (χ4v) is 3.50. The molecule has 0 spiro atoms. The lowest BCUT2D eigenvalue weighted by molar-refractivity contribution is -0.146. The second-order valence-corrected chi connectivity index (χ2v) is 7.75. The third-order valence-corrected chi connectivity index (χ3v) is 5.23. The van der Waals surface area contributed by atoms with Crippen molar-refractivity contribution in [2.45, 2.75) is 20.4 Å². The lowest BCUT2D eigenvalue weighted by atomic mass is 10.0. The molecule has 0 saturated carbocycles. The van der Waals surface area contributed by atoms with E-state index in [0.717, 1.165) is 20.9 Å². The Morgan fingerprint density at radius 1 is 1.00 bits per heavy atom. The zero-order chi connectivity index (χ0) is 20.1. The van der Waals surface area contributed by atoms with Gasteiger partial charge < -0.3 is 0 Å². The number of urea groups is 1. The Morgan fingerprint density at radius 2 is 1.71 bits per heavy atom. The van der Waals surface area contributed by atoms with Crippen LogP contribution in [0.15, 0.2) is 65.6 Å². The highest BCUT2D eigenvalue weighted by molar-refractivity contribution is 7.10. The van der Waals surface area contributed by atoms with Crippen LogP contribution in [0.2, 0.25) is 0 Å². The quantitative estimate of drug-likeness (QED) is 0.541. The first-order chi connectivity index (χ1) is 13.5. The van der Waals surface area contributed by atoms with Crippen LogP contribution in [0.4, 0.5) is 4.79 Å². The molecule has 2 aromatic rings. The van der Waals surface area contributed by atoms with Crippen LogP contribution in [0.3, 0.4) is 0 Å². The third-order valence-electron chi connectivity index (χ3n) is 4.39. The van der Waals surface area contributed by atoms with Crippen LogP contribution in [-0.4, -0.2) is 34.2 Å². The molecule has 6 heteroatoms. The summed E-state index contributed by atoms with van der Waals surface area (Å²) in [6.45, 7) is 4.10. The van der Waals surface area contributed by atoms with Crippen LogP contribution in [0, 0.1) is 5.92 Å². The Morgan fingerprint density at radius 3 is 2.36 bits per heavy atom. The van der Waals surface area contributed by atoms with E-state index in [2.05, 4.69) is 0 Å². The van der Waals surface area contributed by atoms with E-state index in [1.54, 1.807) is 12.2 Å². The first kappa shape index (κ1) is 19.8. The van der Waals surface area contributed by atoms with Crippen molar-refractivity contribution in [3.63, 3.8) is 0 Å². The molecular weight excluding hydrogens is 372 g/mol. The predicted octanol–water partition coefficient (Wildman–Crippen LogP) is 4.33. The van der Waals surface area contributed by atoms with Crippen LogP contribution in [0.5, 0.6) is 0 Å². The molecule has 0 N–H and O–H groups in total. The fourth-order valence-electron chi connectivity index (χ4n) is 2.87. The Labute approximate surface area is 168 Å². The molecular formula is C22H22N2O3S. The molecule has 1 fully saturated rings. The largest absolute Gasteiger partial charge is 0.334 e. The molecule has 144 valence electrons. The highest BCUT2D eigenvalue weighted by Crippen LogP contribution is 2.23. The molecule has 2 heterocycles. The highest BCUT2D eigenvalue weighted by Gasteiger charge is 2.44. The van der Waals surface area contributed by atoms with E-state index in [4.69, 9.17) is 0 Å². The van der Waals surface area contributed by atoms with Gasteiger partial charge >= 0.3 is 6.03 Å². The Balaban J connectivity index is 1.91. The number of hydrogen-bond donors (Lipinski definition) is 0. The molecule has 1 atom stereocenters. The number of benzene rings is 1. The first-order valence-electron chi connectivity index (χ1n) is 9.03. The number of imide groups is 2. The maximum Gasteiger partial charge on any atom is 0.334 e. The number of nitrogens with zero attached hydrogens (tertiary/aromatic N) is 2. The molecule has 3 rings (SSSR count). The third kappa shape index (κ3) is 4.46. The summed E-state index contributed by atoms with van der Waals surface area (Å²) in [4.78, 5) is 42.1. The Kier molecular flexibility index (Phi) is 6.21. The minimum absolute atomic E-state index is 0.139. The number of barbiturate groups is 1. The fraction of sp³-hybridized carbons (Fsp3) is 0.227. The van der Waals surface area contributed by atoms with E-state index in [0.29, 0.717) is 0 Å². The van der Waals surface area contributed by atoms with Gasteiger partial charge in [0, 0.05) is 11.4 Å². The number of rotatable bonds is 6. The number of carbonyl (C=O) groups is 3. The summed E-state index contributed by atoms with van der Waals surface area (Å²) in [5, 5.41) is 1.93. The van der Waals surface area contributed by atoms with Crippen molar-refractivity contribution in [3.8, 4) is 0 Å². The van der Waals surface area contributed by atoms with Crippen LogP contribution in [0.1, 0.15) is 24.3 Å². The molecule has 1 unspecified atom stereocenters. The zero-order valence-corrected chi connectivity index (χ0v) is 16.7. The average Bonchev–Trinajstić information content (AvgIpc) is 3.19. The van der Waals surface area contributed by atoms with Crippen molar-refractivity contribution < 1.29 is 14.4 Å². The van der Waals surface area contributed by atoms with Gasteiger partial charge in [-0.25, -0.2) is 4.79 Å². The van der Waals surface area contributed by atoms with Crippen LogP contribution in [0.25, 0.3) is 6.08 Å². The first-order valence-corrected chi connectivity index (χ1v) is 9.91. The summed E-state index contributed by atoms with van der Waals surface area (Å²) < 4.78 is 0. The molecule has 5 nitrogen and oxygen atoms in total. The Hall–Kier alpha value is -2.99. The number of allylic oxidation sites excluding steroid dienone is 1. The molecule has 1 aliphatic rings. The topological polar surface area (TPSA) is 57.7 Å². The van der Waals surface area contributed by atoms with E-state index >= 15 is 0 Å². The molecule has 0 radical (unpaired) electrons. The standard InChI is InChI=1S/C22H22N2O3S/c1-16(2)12-13-23-20(25)19(11-10-18-9-6-14-28-18)21(26)24(22(23)27)15-17-7-4-3-5-8-17/h3-12,14,19H,13,15H2,1-2H3. The number of hydrogen-bond acceptors (Lipinski definition) is 4. The van der Waals surface area contributed by atoms with E-state index in [-0.39, 0.29) is 13.1 Å². The van der Waals surface area contributed by atoms with Gasteiger partial charge in [-0.2, -0.15) is 0 Å². The summed E-state index contributed by atoms with van der Waals surface area (Å²) in [5.74, 6) is -1.97. The summed E-state index contributed by atoms with van der Waals surface area (Å²) in [7, 11) is 0. The van der Waals surface area contributed by atoms with Crippen LogP contribution < -0.4 is 0 Å². The van der Waals surface area contributed by atoms with E-state index < -0.39 is 23.8 Å². The molecule has 1 aliphatic heterocycles. The van der Waals surface area contributed by atoms with Gasteiger partial charge in [0.05, 0.1) is 6.54 Å². The molecule has 1 aromatic heterocycles. The van der Waals surface area contributed by atoms with Gasteiger partial charge in [0.25, 0.3) is 0 Å². The number of amides is 4. The van der Waals surface area contributed by atoms with Crippen molar-refractivity contribution >= 4 is 35.3 Å². The normalized spacial score (nSPS) is 17.5. The molecule has 1 saturated heterocycles. The minimum Gasteiger partial charge on any atom is -0.273 e. The van der Waals surface area contributed by atoms with E-state index in [9.17, 15) is 14.4 Å². The summed E-state index contributed by atoms with van der Waals surface area (Å²) in [6.07, 6.45) is 5.17. The van der Waals surface area contributed by atoms with Gasteiger partial charge in [0.2, 0.25) is 11.8 Å². The summed E-state index contributed by atoms with van der Waals surface area (Å²) in [6, 6.07) is 12.5. The predicted molar refractivity (Wildman–Crippen MR) is 110 cm³/mol. The second kappa shape index (κ2) is 8.80. The number of thiophene rings is 1. The van der Waals surface area contributed by atoms with Crippen molar-refractivity contribution in [2.75, 3.05) is 6.54 Å². The lowest BCUT2D eigenvalue weighted by Gasteiger charge is -2.35. The van der Waals surface area contributed by atoms with Crippen molar-refractivity contribution in [1.29, 1.82) is 0 Å². The van der Waals surface area contributed by atoms with E-state index in [1.807, 2.05) is 67.8 Å². The van der Waals surface area contributed by atoms with Gasteiger partial charge in [-0.1, -0.05) is 54.1 Å². The van der Waals surface area contributed by atoms with Crippen molar-refractivity contribution in [2.24, 2.45) is 5.92 Å². The highest BCUT2D eigenvalue weighted by atomic mass is 32.1. The minimum atomic E-state index is -1.01. The molecule has 1 aromatic carbocycles. The van der Waals surface area contributed by atoms with Gasteiger partial charge in [-0.05, 0) is 36.9 Å². The molecule has 0 aliphatic carbocycles. The van der Waals surface area contributed by atoms with Gasteiger partial charge in [0.15, 0.2) is 0 Å². The number of carbonyl (C=O) groups excluding carboxylic acids is 3. The molecule has 0 bridgehead atoms. The van der Waals surface area contributed by atoms with Gasteiger partial charge in [-0.15, -0.1) is 11.3 Å². The lowest BCUT2D eigenvalue weighted by Crippen LogP contribution is -2.58. The monoisotopic (exact) mass is 394 g/mol. The van der Waals surface area contributed by atoms with Crippen molar-refractivity contribution in [1.82, 2.24) is 9.80 Å². The summed E-state index contributed by atoms with van der Waals surface area (Å²) >= 11 is 1.52. The second-order valence-electron chi connectivity index (χ2n) is 6.78. The average molecular weight is 394 g/mol. The van der Waals surface area contributed by atoms with Crippen molar-refractivity contribution in [3.05, 3.63) is 76.0 Å². The zero-order valence-electron chi connectivity index (χ0n) is 15.9. The SMILES string of the molecule is CC(C)=CCN1C(=O)C(C=Cc2cccs2)C(=O)N(Cc2ccccc2)C1=O. The smallest absolute Gasteiger partial charge is 0.273 e. The van der Waals surface area contributed by atoms with E-state index in [1.165, 1.54) is 16.2 Å². The van der Waals surface area contributed by atoms with Gasteiger partial charge in [-0.3, -0.25) is 19.4 Å². The Bertz CT molecular complexity index is 913. The molecule has 4 amide bonds. The maximum atomic E-state index is 13.0. The van der Waals surface area contributed by atoms with Gasteiger partial charge in [0.1, 0.15) is 5.92 Å². The van der Waals surface area contributed by atoms with Crippen LogP contribution in [-0.2, 0) is 16.1 Å².